The Morgan fingerprint density at radius 2 is 2.25 bits per heavy atom. The van der Waals surface area contributed by atoms with Crippen molar-refractivity contribution in [3.63, 3.8) is 0 Å². The molecule has 1 aliphatic carbocycles. The van der Waals surface area contributed by atoms with Crippen molar-refractivity contribution < 1.29 is 9.53 Å². The van der Waals surface area contributed by atoms with Crippen LogP contribution in [0.15, 0.2) is 22.8 Å². The fraction of sp³-hybridized carbons (Fsp3) is 0.500. The highest BCUT2D eigenvalue weighted by Crippen LogP contribution is 2.33. The molecule has 0 radical (unpaired) electrons. The lowest BCUT2D eigenvalue weighted by Crippen LogP contribution is -2.09. The molecule has 1 atom stereocenters. The molecular formula is C10H12O2. The molecule has 0 aromatic heterocycles. The summed E-state index contributed by atoms with van der Waals surface area (Å²) in [5, 5.41) is 0. The highest BCUT2D eigenvalue weighted by Gasteiger charge is 2.32. The Balaban J connectivity index is 2.38. The third-order valence-corrected chi connectivity index (χ3v) is 2.69. The topological polar surface area (TPSA) is 26.3 Å². The highest BCUT2D eigenvalue weighted by molar-refractivity contribution is 5.92. The molecule has 2 nitrogen and oxygen atoms in total. The SMILES string of the molecule is CC1=C(C)CC2COC(=O)C2=C1. The number of carbonyl (C=O) groups excluding carboxylic acids is 1. The van der Waals surface area contributed by atoms with E-state index in [1.165, 1.54) is 11.1 Å². The Hall–Kier alpha value is -1.05. The van der Waals surface area contributed by atoms with Gasteiger partial charge in [0.25, 0.3) is 0 Å². The number of rotatable bonds is 0. The van der Waals surface area contributed by atoms with E-state index in [1.54, 1.807) is 0 Å². The molecule has 0 spiro atoms. The van der Waals surface area contributed by atoms with E-state index >= 15 is 0 Å². The molecule has 2 heteroatoms. The van der Waals surface area contributed by atoms with Crippen molar-refractivity contribution >= 4 is 5.97 Å². The van der Waals surface area contributed by atoms with Crippen LogP contribution in [0.4, 0.5) is 0 Å². The standard InChI is InChI=1S/C10H12O2/c1-6-3-8-5-12-10(11)9(8)4-7(6)2/h4,8H,3,5H2,1-2H3. The largest absolute Gasteiger partial charge is 0.462 e. The quantitative estimate of drug-likeness (QED) is 0.510. The first kappa shape index (κ1) is 7.59. The van der Waals surface area contributed by atoms with Crippen LogP contribution >= 0.6 is 0 Å². The number of allylic oxidation sites excluding steroid dienone is 3. The average Bonchev–Trinajstić information content (AvgIpc) is 2.35. The van der Waals surface area contributed by atoms with E-state index in [0.29, 0.717) is 12.5 Å². The first-order chi connectivity index (χ1) is 5.68. The summed E-state index contributed by atoms with van der Waals surface area (Å²) >= 11 is 0. The Kier molecular flexibility index (Phi) is 1.56. The molecule has 2 aliphatic rings. The van der Waals surface area contributed by atoms with Gasteiger partial charge in [0, 0.05) is 11.5 Å². The Morgan fingerprint density at radius 1 is 1.50 bits per heavy atom. The zero-order valence-electron chi connectivity index (χ0n) is 7.39. The minimum absolute atomic E-state index is 0.119. The van der Waals surface area contributed by atoms with Crippen molar-refractivity contribution in [3.05, 3.63) is 22.8 Å². The van der Waals surface area contributed by atoms with E-state index in [9.17, 15) is 4.79 Å². The van der Waals surface area contributed by atoms with E-state index in [1.807, 2.05) is 13.0 Å². The van der Waals surface area contributed by atoms with Crippen LogP contribution in [0.1, 0.15) is 20.3 Å². The third-order valence-electron chi connectivity index (χ3n) is 2.69. The molecule has 0 bridgehead atoms. The average molecular weight is 164 g/mol. The van der Waals surface area contributed by atoms with Crippen LogP contribution in [0.3, 0.4) is 0 Å². The first-order valence-corrected chi connectivity index (χ1v) is 4.23. The van der Waals surface area contributed by atoms with Gasteiger partial charge in [0.2, 0.25) is 0 Å². The van der Waals surface area contributed by atoms with Crippen molar-refractivity contribution in [2.45, 2.75) is 20.3 Å². The van der Waals surface area contributed by atoms with Crippen LogP contribution in [0.25, 0.3) is 0 Å². The summed E-state index contributed by atoms with van der Waals surface area (Å²) in [6, 6.07) is 0. The number of cyclic esters (lactones) is 1. The van der Waals surface area contributed by atoms with Gasteiger partial charge in [-0.2, -0.15) is 0 Å². The second kappa shape index (κ2) is 2.47. The maximum Gasteiger partial charge on any atom is 0.334 e. The van der Waals surface area contributed by atoms with Crippen molar-refractivity contribution in [3.8, 4) is 0 Å². The molecule has 0 saturated carbocycles. The molecular weight excluding hydrogens is 152 g/mol. The Bertz CT molecular complexity index is 297. The van der Waals surface area contributed by atoms with Gasteiger partial charge in [0.15, 0.2) is 0 Å². The van der Waals surface area contributed by atoms with Crippen LogP contribution in [0.5, 0.6) is 0 Å². The molecule has 12 heavy (non-hydrogen) atoms. The summed E-state index contributed by atoms with van der Waals surface area (Å²) in [7, 11) is 0. The van der Waals surface area contributed by atoms with E-state index in [4.69, 9.17) is 4.74 Å². The molecule has 64 valence electrons. The Morgan fingerprint density at radius 3 is 3.00 bits per heavy atom. The molecule has 0 amide bonds. The zero-order valence-corrected chi connectivity index (χ0v) is 7.39. The van der Waals surface area contributed by atoms with Gasteiger partial charge in [-0.25, -0.2) is 4.79 Å². The molecule has 2 rings (SSSR count). The maximum absolute atomic E-state index is 11.1. The van der Waals surface area contributed by atoms with Gasteiger partial charge < -0.3 is 4.74 Å². The van der Waals surface area contributed by atoms with Crippen molar-refractivity contribution in [2.75, 3.05) is 6.61 Å². The van der Waals surface area contributed by atoms with Crippen LogP contribution in [0.2, 0.25) is 0 Å². The number of esters is 1. The normalized spacial score (nSPS) is 28.3. The summed E-state index contributed by atoms with van der Waals surface area (Å²) in [5.41, 5.74) is 3.47. The van der Waals surface area contributed by atoms with Gasteiger partial charge in [0.1, 0.15) is 0 Å². The number of carbonyl (C=O) groups is 1. The third kappa shape index (κ3) is 0.986. The van der Waals surface area contributed by atoms with Crippen LogP contribution in [-0.2, 0) is 9.53 Å². The van der Waals surface area contributed by atoms with Crippen molar-refractivity contribution in [1.82, 2.24) is 0 Å². The van der Waals surface area contributed by atoms with Gasteiger partial charge in [0.05, 0.1) is 6.61 Å². The molecule has 1 aliphatic heterocycles. The summed E-state index contributed by atoms with van der Waals surface area (Å²) in [5.74, 6) is 0.216. The van der Waals surface area contributed by atoms with E-state index in [0.717, 1.165) is 12.0 Å². The lowest BCUT2D eigenvalue weighted by molar-refractivity contribution is -0.135. The zero-order chi connectivity index (χ0) is 8.72. The van der Waals surface area contributed by atoms with Gasteiger partial charge in [-0.05, 0) is 26.3 Å². The van der Waals surface area contributed by atoms with Gasteiger partial charge in [-0.3, -0.25) is 0 Å². The summed E-state index contributed by atoms with van der Waals surface area (Å²) in [6.45, 7) is 4.74. The maximum atomic E-state index is 11.1. The fourth-order valence-corrected chi connectivity index (χ4v) is 1.75. The number of hydrogen-bond acceptors (Lipinski definition) is 2. The monoisotopic (exact) mass is 164 g/mol. The van der Waals surface area contributed by atoms with E-state index in [-0.39, 0.29) is 5.97 Å². The van der Waals surface area contributed by atoms with Gasteiger partial charge in [-0.15, -0.1) is 0 Å². The molecule has 0 N–H and O–H groups in total. The number of hydrogen-bond donors (Lipinski definition) is 0. The van der Waals surface area contributed by atoms with Gasteiger partial charge in [-0.1, -0.05) is 11.1 Å². The van der Waals surface area contributed by atoms with E-state index in [2.05, 4.69) is 6.92 Å². The molecule has 1 unspecified atom stereocenters. The number of ether oxygens (including phenoxy) is 1. The molecule has 1 fully saturated rings. The molecule has 0 aromatic carbocycles. The van der Waals surface area contributed by atoms with Crippen molar-refractivity contribution in [1.29, 1.82) is 0 Å². The molecule has 0 aromatic rings. The highest BCUT2D eigenvalue weighted by atomic mass is 16.5. The second-order valence-corrected chi connectivity index (χ2v) is 3.56. The van der Waals surface area contributed by atoms with E-state index < -0.39 is 0 Å². The smallest absolute Gasteiger partial charge is 0.334 e. The Labute approximate surface area is 71.9 Å². The minimum Gasteiger partial charge on any atom is -0.462 e. The molecule has 1 saturated heterocycles. The summed E-state index contributed by atoms with van der Waals surface area (Å²) in [4.78, 5) is 11.1. The van der Waals surface area contributed by atoms with Crippen LogP contribution in [-0.4, -0.2) is 12.6 Å². The molecule has 1 heterocycles. The number of fused-ring (bicyclic) bond motifs is 1. The fourth-order valence-electron chi connectivity index (χ4n) is 1.75. The second-order valence-electron chi connectivity index (χ2n) is 3.56. The predicted octanol–water partition coefficient (Wildman–Crippen LogP) is 1.83. The summed E-state index contributed by atoms with van der Waals surface area (Å²) < 4.78 is 4.96. The minimum atomic E-state index is -0.119. The summed E-state index contributed by atoms with van der Waals surface area (Å²) in [6.07, 6.45) is 2.96. The van der Waals surface area contributed by atoms with Crippen LogP contribution in [0, 0.1) is 5.92 Å². The van der Waals surface area contributed by atoms with Crippen molar-refractivity contribution in [2.24, 2.45) is 5.92 Å². The van der Waals surface area contributed by atoms with Gasteiger partial charge >= 0.3 is 5.97 Å². The lowest BCUT2D eigenvalue weighted by Gasteiger charge is -2.15. The lowest BCUT2D eigenvalue weighted by atomic mass is 9.86. The first-order valence-electron chi connectivity index (χ1n) is 4.23. The van der Waals surface area contributed by atoms with Crippen LogP contribution < -0.4 is 0 Å². The predicted molar refractivity (Wildman–Crippen MR) is 45.5 cm³/mol.